The predicted molar refractivity (Wildman–Crippen MR) is 82.5 cm³/mol. The SMILES string of the molecule is CN(C)C(On1nnc2cccnc2c1=O)=[N+](C)C.F[P-](F)(F)(F)(F)F. The molecule has 0 atom stereocenters. The molecule has 0 aliphatic rings. The average Bonchev–Trinajstić information content (AvgIpc) is 2.42. The Labute approximate surface area is 142 Å². The van der Waals surface area contributed by atoms with Crippen molar-refractivity contribution in [1.82, 2.24) is 25.0 Å². The summed E-state index contributed by atoms with van der Waals surface area (Å²) < 4.78 is 60.9. The van der Waals surface area contributed by atoms with Crippen LogP contribution in [0.5, 0.6) is 0 Å². The fraction of sp³-hybridized carbons (Fsp3) is 0.364. The number of fused-ring (bicyclic) bond motifs is 1. The summed E-state index contributed by atoms with van der Waals surface area (Å²) in [6, 6.07) is 3.81. The van der Waals surface area contributed by atoms with E-state index in [1.54, 1.807) is 49.8 Å². The summed E-state index contributed by atoms with van der Waals surface area (Å²) in [5, 5.41) is 7.62. The number of nitrogens with zero attached hydrogens (tertiary/aromatic N) is 6. The Bertz CT molecular complexity index is 880. The molecule has 0 saturated carbocycles. The summed E-state index contributed by atoms with van der Waals surface area (Å²) in [5.74, 6) is 0. The van der Waals surface area contributed by atoms with Gasteiger partial charge in [0.05, 0.1) is 28.2 Å². The number of rotatable bonds is 1. The van der Waals surface area contributed by atoms with Crippen LogP contribution in [0, 0.1) is 0 Å². The molecule has 8 nitrogen and oxygen atoms in total. The van der Waals surface area contributed by atoms with Crippen LogP contribution in [-0.4, -0.2) is 63.8 Å². The molecule has 0 aromatic carbocycles. The molecule has 2 rings (SSSR count). The molecule has 2 aromatic heterocycles. The van der Waals surface area contributed by atoms with Crippen molar-refractivity contribution in [2.75, 3.05) is 28.2 Å². The van der Waals surface area contributed by atoms with E-state index >= 15 is 0 Å². The van der Waals surface area contributed by atoms with Gasteiger partial charge >= 0.3 is 44.6 Å². The van der Waals surface area contributed by atoms with Crippen LogP contribution in [-0.2, 0) is 0 Å². The number of hydrogen-bond donors (Lipinski definition) is 0. The minimum atomic E-state index is -10.7. The van der Waals surface area contributed by atoms with Gasteiger partial charge in [0.1, 0.15) is 5.52 Å². The van der Waals surface area contributed by atoms with E-state index in [-0.39, 0.29) is 5.52 Å². The Morgan fingerprint density at radius 3 is 2.19 bits per heavy atom. The van der Waals surface area contributed by atoms with Crippen molar-refractivity contribution in [3.05, 3.63) is 28.7 Å². The predicted octanol–water partition coefficient (Wildman–Crippen LogP) is 2.19. The molecule has 2 aromatic rings. The zero-order valence-corrected chi connectivity index (χ0v) is 14.8. The van der Waals surface area contributed by atoms with Crippen molar-refractivity contribution >= 4 is 24.9 Å². The first-order valence-corrected chi connectivity index (χ1v) is 8.65. The van der Waals surface area contributed by atoms with Gasteiger partial charge in [0.2, 0.25) is 0 Å². The number of halogens is 6. The van der Waals surface area contributed by atoms with Gasteiger partial charge in [-0.25, -0.2) is 14.5 Å². The fourth-order valence-electron chi connectivity index (χ4n) is 1.56. The number of hydrogen-bond acceptors (Lipinski definition) is 5. The number of amidine groups is 1. The van der Waals surface area contributed by atoms with E-state index in [2.05, 4.69) is 15.3 Å². The summed E-state index contributed by atoms with van der Waals surface area (Å²) in [4.78, 5) is 24.1. The van der Waals surface area contributed by atoms with Gasteiger partial charge in [0, 0.05) is 6.20 Å². The van der Waals surface area contributed by atoms with Crippen LogP contribution >= 0.6 is 7.81 Å². The summed E-state index contributed by atoms with van der Waals surface area (Å²) in [5.41, 5.74) is 0.199. The van der Waals surface area contributed by atoms with Crippen LogP contribution in [0.1, 0.15) is 0 Å². The first-order valence-electron chi connectivity index (χ1n) is 6.63. The van der Waals surface area contributed by atoms with Crippen LogP contribution in [0.25, 0.3) is 11.0 Å². The Morgan fingerprint density at radius 1 is 1.19 bits per heavy atom. The number of pyridine rings is 1. The average molecular weight is 408 g/mol. The number of aromatic nitrogens is 4. The molecule has 0 fully saturated rings. The van der Waals surface area contributed by atoms with Crippen molar-refractivity contribution in [3.8, 4) is 0 Å². The third kappa shape index (κ3) is 8.05. The maximum absolute atomic E-state index is 12.1. The fourth-order valence-corrected chi connectivity index (χ4v) is 1.56. The summed E-state index contributed by atoms with van der Waals surface area (Å²) in [7, 11) is -3.46. The summed E-state index contributed by atoms with van der Waals surface area (Å²) in [6.45, 7) is 0. The molecule has 15 heteroatoms. The molecule has 0 aliphatic heterocycles. The van der Waals surface area contributed by atoms with Gasteiger partial charge in [-0.1, -0.05) is 0 Å². The molecule has 0 saturated heterocycles. The molecule has 0 spiro atoms. The van der Waals surface area contributed by atoms with E-state index in [1.807, 2.05) is 0 Å². The van der Waals surface area contributed by atoms with Gasteiger partial charge in [-0.2, -0.15) is 0 Å². The van der Waals surface area contributed by atoms with E-state index in [4.69, 9.17) is 4.84 Å². The van der Waals surface area contributed by atoms with Crippen LogP contribution in [0.2, 0.25) is 0 Å². The van der Waals surface area contributed by atoms with Gasteiger partial charge in [0.15, 0.2) is 5.52 Å². The Kier molecular flexibility index (Phi) is 5.25. The Hall–Kier alpha value is -2.50. The Morgan fingerprint density at radius 2 is 1.73 bits per heavy atom. The minimum absolute atomic E-state index is 0.217. The maximum atomic E-state index is 12.1. The van der Waals surface area contributed by atoms with Crippen LogP contribution in [0.4, 0.5) is 25.2 Å². The summed E-state index contributed by atoms with van der Waals surface area (Å²) in [6.07, 6.45) is 1.53. The standard InChI is InChI=1S/C11H15N6O2.F6P/c1-15(2)11(16(3)4)19-17-10(18)9-8(13-14-17)6-5-7-12-9;1-7(2,3,4,5)6/h5-7H,1-4H3;/q+1;-1. The molecule has 0 aliphatic carbocycles. The molecule has 148 valence electrons. The van der Waals surface area contributed by atoms with E-state index in [0.717, 1.165) is 4.85 Å². The van der Waals surface area contributed by atoms with Crippen molar-refractivity contribution in [2.45, 2.75) is 0 Å². The molecular weight excluding hydrogens is 393 g/mol. The molecule has 0 N–H and O–H groups in total. The van der Waals surface area contributed by atoms with Crippen molar-refractivity contribution in [2.24, 2.45) is 0 Å². The second kappa shape index (κ2) is 6.34. The molecule has 0 radical (unpaired) electrons. The van der Waals surface area contributed by atoms with Crippen LogP contribution < -0.4 is 10.4 Å². The van der Waals surface area contributed by atoms with Crippen molar-refractivity contribution in [1.29, 1.82) is 0 Å². The first kappa shape index (κ1) is 21.5. The molecular formula is C11H15F6N6O2P. The molecule has 0 unspecified atom stereocenters. The third-order valence-corrected chi connectivity index (χ3v) is 2.33. The van der Waals surface area contributed by atoms with Gasteiger partial charge in [-0.3, -0.25) is 9.63 Å². The van der Waals surface area contributed by atoms with Crippen LogP contribution in [0.15, 0.2) is 23.1 Å². The second-order valence-electron chi connectivity index (χ2n) is 5.26. The van der Waals surface area contributed by atoms with Gasteiger partial charge in [-0.15, -0.1) is 5.10 Å². The first-order chi connectivity index (χ1) is 11.5. The topological polar surface area (TPSA) is 76.2 Å². The van der Waals surface area contributed by atoms with E-state index < -0.39 is 13.4 Å². The molecule has 0 bridgehead atoms. The van der Waals surface area contributed by atoms with Gasteiger partial charge < -0.3 is 0 Å². The molecule has 0 amide bonds. The van der Waals surface area contributed by atoms with Crippen LogP contribution in [0.3, 0.4) is 0 Å². The van der Waals surface area contributed by atoms with E-state index in [9.17, 15) is 30.0 Å². The van der Waals surface area contributed by atoms with Gasteiger partial charge in [-0.05, 0) is 22.2 Å². The van der Waals surface area contributed by atoms with Crippen molar-refractivity contribution < 1.29 is 34.6 Å². The second-order valence-corrected chi connectivity index (χ2v) is 7.18. The third-order valence-electron chi connectivity index (χ3n) is 2.33. The molecule has 26 heavy (non-hydrogen) atoms. The zero-order chi connectivity index (χ0) is 20.4. The Balaban J connectivity index is 0.000000412. The van der Waals surface area contributed by atoms with Crippen molar-refractivity contribution in [3.63, 3.8) is 0 Å². The summed E-state index contributed by atoms with van der Waals surface area (Å²) >= 11 is 0. The molecule has 2 heterocycles. The van der Waals surface area contributed by atoms with E-state index in [0.29, 0.717) is 11.5 Å². The van der Waals surface area contributed by atoms with Gasteiger partial charge in [0.25, 0.3) is 0 Å². The monoisotopic (exact) mass is 408 g/mol. The quantitative estimate of drug-likeness (QED) is 0.237. The van der Waals surface area contributed by atoms with E-state index in [1.165, 1.54) is 6.20 Å². The zero-order valence-electron chi connectivity index (χ0n) is 13.9. The normalized spacial score (nSPS) is 13.8.